The van der Waals surface area contributed by atoms with Gasteiger partial charge in [-0.25, -0.2) is 9.37 Å². The van der Waals surface area contributed by atoms with Crippen LogP contribution in [0.15, 0.2) is 54.6 Å². The number of alkyl halides is 3. The summed E-state index contributed by atoms with van der Waals surface area (Å²) in [7, 11) is 0. The van der Waals surface area contributed by atoms with Crippen LogP contribution in [-0.4, -0.2) is 14.8 Å². The van der Waals surface area contributed by atoms with E-state index < -0.39 is 17.6 Å². The van der Waals surface area contributed by atoms with E-state index in [1.807, 2.05) is 41.1 Å². The fourth-order valence-electron chi connectivity index (χ4n) is 3.90. The Labute approximate surface area is 163 Å². The van der Waals surface area contributed by atoms with Gasteiger partial charge < -0.3 is 0 Å². The van der Waals surface area contributed by atoms with Gasteiger partial charge in [-0.15, -0.1) is 0 Å². The zero-order valence-electron chi connectivity index (χ0n) is 15.2. The van der Waals surface area contributed by atoms with E-state index in [1.165, 1.54) is 6.07 Å². The number of benzene rings is 2. The minimum absolute atomic E-state index is 0.227. The number of nitrogens with zero attached hydrogens (tertiary/aromatic N) is 3. The van der Waals surface area contributed by atoms with E-state index in [1.54, 1.807) is 0 Å². The molecule has 146 valence electrons. The number of fused-ring (bicyclic) bond motifs is 2. The predicted molar refractivity (Wildman–Crippen MR) is 102 cm³/mol. The molecule has 0 unspecified atom stereocenters. The van der Waals surface area contributed by atoms with Crippen LogP contribution in [0.5, 0.6) is 0 Å². The number of aryl methyl sites for hydroxylation is 1. The summed E-state index contributed by atoms with van der Waals surface area (Å²) in [5.74, 6) is -1.29. The van der Waals surface area contributed by atoms with Gasteiger partial charge >= 0.3 is 6.18 Å². The lowest BCUT2D eigenvalue weighted by Crippen LogP contribution is -2.08. The first-order chi connectivity index (χ1) is 13.9. The van der Waals surface area contributed by atoms with E-state index in [4.69, 9.17) is 4.98 Å². The van der Waals surface area contributed by atoms with Crippen LogP contribution < -0.4 is 0 Å². The van der Waals surface area contributed by atoms with E-state index in [-0.39, 0.29) is 5.56 Å². The molecule has 3 nitrogen and oxygen atoms in total. The van der Waals surface area contributed by atoms with Gasteiger partial charge in [-0.05, 0) is 43.2 Å². The molecule has 0 atom stereocenters. The molecule has 0 amide bonds. The van der Waals surface area contributed by atoms with E-state index in [9.17, 15) is 17.6 Å². The molecule has 0 N–H and O–H groups in total. The molecule has 0 spiro atoms. The Bertz CT molecular complexity index is 1240. The Kier molecular flexibility index (Phi) is 3.94. The highest BCUT2D eigenvalue weighted by Crippen LogP contribution is 2.40. The van der Waals surface area contributed by atoms with E-state index in [2.05, 4.69) is 5.10 Å². The lowest BCUT2D eigenvalue weighted by Gasteiger charge is -2.11. The zero-order valence-corrected chi connectivity index (χ0v) is 15.2. The summed E-state index contributed by atoms with van der Waals surface area (Å²) in [6.07, 6.45) is -3.09. The van der Waals surface area contributed by atoms with Crippen molar-refractivity contribution < 1.29 is 17.6 Å². The first kappa shape index (κ1) is 17.8. The van der Waals surface area contributed by atoms with Crippen molar-refractivity contribution in [3.63, 3.8) is 0 Å². The quantitative estimate of drug-likeness (QED) is 0.396. The highest BCUT2D eigenvalue weighted by atomic mass is 19.4. The smallest absolute Gasteiger partial charge is 0.268 e. The van der Waals surface area contributed by atoms with Crippen molar-refractivity contribution in [2.24, 2.45) is 0 Å². The first-order valence-corrected chi connectivity index (χ1v) is 9.25. The normalized spacial score (nSPS) is 13.8. The molecule has 1 aliphatic heterocycles. The Balaban J connectivity index is 1.73. The second kappa shape index (κ2) is 6.40. The molecule has 7 heteroatoms. The molecule has 29 heavy (non-hydrogen) atoms. The summed E-state index contributed by atoms with van der Waals surface area (Å²) in [5.41, 5.74) is 2.44. The topological polar surface area (TPSA) is 30.7 Å². The van der Waals surface area contributed by atoms with Crippen molar-refractivity contribution in [3.05, 3.63) is 71.7 Å². The van der Waals surface area contributed by atoms with Crippen LogP contribution in [0, 0.1) is 5.82 Å². The van der Waals surface area contributed by atoms with Gasteiger partial charge in [0.2, 0.25) is 0 Å². The number of pyridine rings is 1. The molecule has 0 saturated heterocycles. The fraction of sp³-hybridized carbons (Fsp3) is 0.182. The van der Waals surface area contributed by atoms with Gasteiger partial charge in [0.25, 0.3) is 0 Å². The average Bonchev–Trinajstić information content (AvgIpc) is 3.28. The Hall–Kier alpha value is -3.22. The number of halogens is 4. The van der Waals surface area contributed by atoms with Crippen LogP contribution in [0.1, 0.15) is 17.7 Å². The minimum Gasteiger partial charge on any atom is -0.268 e. The second-order valence-electron chi connectivity index (χ2n) is 7.08. The maximum absolute atomic E-state index is 13.8. The number of para-hydroxylation sites is 1. The third-order valence-corrected chi connectivity index (χ3v) is 5.24. The zero-order chi connectivity index (χ0) is 20.2. The monoisotopic (exact) mass is 397 g/mol. The molecule has 4 aromatic rings. The SMILES string of the molecule is Fc1ccc(-c2nn3c(c2-c2ccc4ccccc4n2)CCC3)cc1C(F)(F)F. The van der Waals surface area contributed by atoms with Crippen molar-refractivity contribution in [3.8, 4) is 22.5 Å². The van der Waals surface area contributed by atoms with Gasteiger partial charge in [0.05, 0.1) is 16.8 Å². The highest BCUT2D eigenvalue weighted by molar-refractivity contribution is 5.86. The van der Waals surface area contributed by atoms with Crippen molar-refractivity contribution in [2.75, 3.05) is 0 Å². The number of hydrogen-bond acceptors (Lipinski definition) is 2. The molecule has 0 fully saturated rings. The average molecular weight is 397 g/mol. The highest BCUT2D eigenvalue weighted by Gasteiger charge is 2.35. The van der Waals surface area contributed by atoms with Crippen LogP contribution in [0.2, 0.25) is 0 Å². The van der Waals surface area contributed by atoms with Crippen LogP contribution in [-0.2, 0) is 19.1 Å². The molecule has 2 aromatic heterocycles. The summed E-state index contributed by atoms with van der Waals surface area (Å²) in [4.78, 5) is 4.72. The molecule has 0 saturated carbocycles. The van der Waals surface area contributed by atoms with E-state index >= 15 is 0 Å². The molecule has 3 heterocycles. The van der Waals surface area contributed by atoms with Crippen molar-refractivity contribution >= 4 is 10.9 Å². The third kappa shape index (κ3) is 2.97. The summed E-state index contributed by atoms with van der Waals surface area (Å²) in [6.45, 7) is 0.698. The largest absolute Gasteiger partial charge is 0.419 e. The number of rotatable bonds is 2. The summed E-state index contributed by atoms with van der Waals surface area (Å²) < 4.78 is 55.3. The van der Waals surface area contributed by atoms with Crippen LogP contribution in [0.3, 0.4) is 0 Å². The maximum Gasteiger partial charge on any atom is 0.419 e. The van der Waals surface area contributed by atoms with Gasteiger partial charge in [0.1, 0.15) is 11.5 Å². The van der Waals surface area contributed by atoms with Crippen LogP contribution in [0.4, 0.5) is 17.6 Å². The van der Waals surface area contributed by atoms with Gasteiger partial charge in [0, 0.05) is 28.8 Å². The van der Waals surface area contributed by atoms with Gasteiger partial charge in [0.15, 0.2) is 0 Å². The molecule has 2 aromatic carbocycles. The molecular formula is C22H15F4N3. The van der Waals surface area contributed by atoms with Crippen molar-refractivity contribution in [2.45, 2.75) is 25.6 Å². The Morgan fingerprint density at radius 1 is 0.966 bits per heavy atom. The molecular weight excluding hydrogens is 382 g/mol. The lowest BCUT2D eigenvalue weighted by molar-refractivity contribution is -0.139. The second-order valence-corrected chi connectivity index (χ2v) is 7.08. The lowest BCUT2D eigenvalue weighted by atomic mass is 9.99. The predicted octanol–water partition coefficient (Wildman–Crippen LogP) is 5.87. The molecule has 1 aliphatic rings. The number of hydrogen-bond donors (Lipinski definition) is 0. The van der Waals surface area contributed by atoms with E-state index in [0.29, 0.717) is 23.5 Å². The Morgan fingerprint density at radius 2 is 1.79 bits per heavy atom. The summed E-state index contributed by atoms with van der Waals surface area (Å²) in [6, 6.07) is 14.5. The number of aromatic nitrogens is 3. The maximum atomic E-state index is 13.8. The van der Waals surface area contributed by atoms with E-state index in [0.717, 1.165) is 41.6 Å². The van der Waals surface area contributed by atoms with Crippen molar-refractivity contribution in [1.29, 1.82) is 0 Å². The van der Waals surface area contributed by atoms with Gasteiger partial charge in [-0.2, -0.15) is 18.3 Å². The molecule has 0 aliphatic carbocycles. The third-order valence-electron chi connectivity index (χ3n) is 5.24. The Morgan fingerprint density at radius 3 is 2.62 bits per heavy atom. The first-order valence-electron chi connectivity index (χ1n) is 9.25. The van der Waals surface area contributed by atoms with Crippen LogP contribution in [0.25, 0.3) is 33.4 Å². The van der Waals surface area contributed by atoms with Gasteiger partial charge in [-0.1, -0.05) is 24.3 Å². The standard InChI is InChI=1S/C22H15F4N3/c23-16-9-7-14(12-15(16)22(24,25)26)21-20(19-6-3-11-29(19)28-21)18-10-8-13-4-1-2-5-17(13)27-18/h1-2,4-5,7-10,12H,3,6,11H2. The molecule has 5 rings (SSSR count). The van der Waals surface area contributed by atoms with Crippen LogP contribution >= 0.6 is 0 Å². The minimum atomic E-state index is -4.77. The fourth-order valence-corrected chi connectivity index (χ4v) is 3.90. The summed E-state index contributed by atoms with van der Waals surface area (Å²) >= 11 is 0. The molecule has 0 radical (unpaired) electrons. The summed E-state index contributed by atoms with van der Waals surface area (Å²) in [5, 5.41) is 5.53. The molecule has 0 bridgehead atoms. The van der Waals surface area contributed by atoms with Crippen molar-refractivity contribution in [1.82, 2.24) is 14.8 Å². The van der Waals surface area contributed by atoms with Gasteiger partial charge in [-0.3, -0.25) is 4.68 Å².